The Labute approximate surface area is 131 Å². The molecule has 0 spiro atoms. The summed E-state index contributed by atoms with van der Waals surface area (Å²) in [7, 11) is -0.449. The summed E-state index contributed by atoms with van der Waals surface area (Å²) < 4.78 is 0. The Hall–Kier alpha value is -2.50. The maximum absolute atomic E-state index is 6.21. The van der Waals surface area contributed by atoms with Crippen molar-refractivity contribution in [3.8, 4) is 16.4 Å². The number of hydrogen-bond donors (Lipinski definition) is 1. The minimum Gasteiger partial charge on any atom is -0.398 e. The van der Waals surface area contributed by atoms with Gasteiger partial charge in [-0.15, -0.1) is 0 Å². The zero-order valence-electron chi connectivity index (χ0n) is 12.1. The van der Waals surface area contributed by atoms with Crippen LogP contribution in [0.25, 0.3) is 26.9 Å². The Morgan fingerprint density at radius 1 is 0.636 bits per heavy atom. The molecule has 1 atom stereocenters. The van der Waals surface area contributed by atoms with Gasteiger partial charge in [0.05, 0.1) is 0 Å². The van der Waals surface area contributed by atoms with Crippen LogP contribution in [0.3, 0.4) is 0 Å². The van der Waals surface area contributed by atoms with Crippen LogP contribution in [0.2, 0.25) is 0 Å². The van der Waals surface area contributed by atoms with Gasteiger partial charge in [0, 0.05) is 16.4 Å². The van der Waals surface area contributed by atoms with Gasteiger partial charge < -0.3 is 5.73 Å². The summed E-state index contributed by atoms with van der Waals surface area (Å²) in [4.78, 5) is 0. The lowest BCUT2D eigenvalue weighted by Gasteiger charge is -2.03. The third kappa shape index (κ3) is 2.11. The molecule has 22 heavy (non-hydrogen) atoms. The third-order valence-electron chi connectivity index (χ3n) is 4.00. The van der Waals surface area contributed by atoms with Crippen molar-refractivity contribution in [3.05, 3.63) is 84.7 Å². The Morgan fingerprint density at radius 3 is 2.14 bits per heavy atom. The van der Waals surface area contributed by atoms with Gasteiger partial charge >= 0.3 is 0 Å². The highest BCUT2D eigenvalue weighted by molar-refractivity contribution is 7.62. The summed E-state index contributed by atoms with van der Waals surface area (Å²) in [5.41, 5.74) is 9.45. The lowest BCUT2D eigenvalue weighted by molar-refractivity contribution is 1.67. The summed E-state index contributed by atoms with van der Waals surface area (Å²) in [6.07, 6.45) is 0. The highest BCUT2D eigenvalue weighted by Crippen LogP contribution is 2.52. The molecule has 0 bridgehead atoms. The highest BCUT2D eigenvalue weighted by Gasteiger charge is 2.13. The van der Waals surface area contributed by atoms with Gasteiger partial charge in [-0.05, 0) is 28.1 Å². The van der Waals surface area contributed by atoms with E-state index in [1.165, 1.54) is 21.4 Å². The topological polar surface area (TPSA) is 26.0 Å². The van der Waals surface area contributed by atoms with Crippen molar-refractivity contribution in [2.24, 2.45) is 0 Å². The molecule has 0 aliphatic rings. The van der Waals surface area contributed by atoms with Crippen LogP contribution in [0.5, 0.6) is 0 Å². The first kappa shape index (κ1) is 13.2. The first-order valence-electron chi connectivity index (χ1n) is 7.35. The number of rotatable bonds is 2. The predicted octanol–water partition coefficient (Wildman–Crippen LogP) is 6.06. The van der Waals surface area contributed by atoms with Gasteiger partial charge in [-0.1, -0.05) is 80.3 Å². The van der Waals surface area contributed by atoms with Crippen LogP contribution in [0, 0.1) is 0 Å². The van der Waals surface area contributed by atoms with E-state index in [1.807, 2.05) is 12.1 Å². The summed E-state index contributed by atoms with van der Waals surface area (Å²) in [6, 6.07) is 27.6. The molecular weight excluding hydrogens is 285 g/mol. The van der Waals surface area contributed by atoms with Gasteiger partial charge in [0.2, 0.25) is 0 Å². The summed E-state index contributed by atoms with van der Waals surface area (Å²) in [5, 5.41) is 4.12. The van der Waals surface area contributed by atoms with Crippen LogP contribution in [0.4, 0.5) is 5.69 Å². The molecular formula is C20H16NP. The molecule has 0 aliphatic carbocycles. The number of hydrogen-bond acceptors (Lipinski definition) is 1. The Morgan fingerprint density at radius 2 is 1.32 bits per heavy atom. The average molecular weight is 301 g/mol. The van der Waals surface area contributed by atoms with Crippen molar-refractivity contribution < 1.29 is 0 Å². The molecule has 0 radical (unpaired) electrons. The first-order valence-corrected chi connectivity index (χ1v) is 8.76. The van der Waals surface area contributed by atoms with Crippen LogP contribution in [0.1, 0.15) is 0 Å². The molecule has 2 heteroatoms. The molecule has 1 aromatic heterocycles. The highest BCUT2D eigenvalue weighted by atomic mass is 31.1. The van der Waals surface area contributed by atoms with E-state index in [0.29, 0.717) is 0 Å². The molecule has 3 aromatic carbocycles. The smallest absolute Gasteiger partial charge is 0.0394 e. The Kier molecular flexibility index (Phi) is 3.21. The molecule has 0 fully saturated rings. The van der Waals surface area contributed by atoms with Gasteiger partial charge in [-0.3, -0.25) is 0 Å². The lowest BCUT2D eigenvalue weighted by atomic mass is 10.0. The van der Waals surface area contributed by atoms with Crippen LogP contribution in [-0.2, 0) is 0 Å². The maximum Gasteiger partial charge on any atom is 0.0394 e. The molecule has 4 rings (SSSR count). The van der Waals surface area contributed by atoms with Crippen molar-refractivity contribution in [2.45, 2.75) is 0 Å². The number of benzene rings is 3. The van der Waals surface area contributed by atoms with Crippen LogP contribution < -0.4 is 5.73 Å². The second kappa shape index (κ2) is 5.36. The largest absolute Gasteiger partial charge is 0.398 e. The van der Waals surface area contributed by atoms with Crippen molar-refractivity contribution in [1.82, 2.24) is 0 Å². The normalized spacial score (nSPS) is 11.7. The number of para-hydroxylation sites is 1. The van der Waals surface area contributed by atoms with E-state index in [0.717, 1.165) is 11.3 Å². The summed E-state index contributed by atoms with van der Waals surface area (Å²) in [5.74, 6) is 2.40. The monoisotopic (exact) mass is 301 g/mol. The van der Waals surface area contributed by atoms with Crippen molar-refractivity contribution in [1.29, 1.82) is 0 Å². The van der Waals surface area contributed by atoms with E-state index in [4.69, 9.17) is 5.73 Å². The van der Waals surface area contributed by atoms with E-state index >= 15 is 0 Å². The fourth-order valence-corrected chi connectivity index (χ4v) is 5.24. The fraction of sp³-hybridized carbons (Fsp3) is 0. The molecule has 0 saturated carbocycles. The van der Waals surface area contributed by atoms with Gasteiger partial charge in [-0.25, -0.2) is 0 Å². The first-order chi connectivity index (χ1) is 10.8. The molecule has 0 aliphatic heterocycles. The van der Waals surface area contributed by atoms with Gasteiger partial charge in [0.25, 0.3) is 0 Å². The molecule has 4 aromatic rings. The second-order valence-electron chi connectivity index (χ2n) is 5.35. The number of nitrogen functional groups attached to an aromatic ring is 1. The van der Waals surface area contributed by atoms with E-state index in [2.05, 4.69) is 72.5 Å². The Balaban J connectivity index is 2.04. The van der Waals surface area contributed by atoms with Crippen LogP contribution in [0.15, 0.2) is 84.7 Å². The van der Waals surface area contributed by atoms with E-state index in [9.17, 15) is 0 Å². The van der Waals surface area contributed by atoms with Gasteiger partial charge in [0.15, 0.2) is 0 Å². The average Bonchev–Trinajstić information content (AvgIpc) is 2.96. The van der Waals surface area contributed by atoms with Gasteiger partial charge in [-0.2, -0.15) is 0 Å². The number of nitrogens with two attached hydrogens (primary N) is 1. The minimum absolute atomic E-state index is 0.449. The summed E-state index contributed by atoms with van der Waals surface area (Å²) >= 11 is 0. The van der Waals surface area contributed by atoms with E-state index < -0.39 is 7.53 Å². The summed E-state index contributed by atoms with van der Waals surface area (Å²) in [6.45, 7) is 0. The zero-order valence-corrected chi connectivity index (χ0v) is 13.0. The Bertz CT molecular complexity index is 938. The molecule has 2 N–H and O–H groups in total. The molecule has 1 nitrogen and oxygen atoms in total. The van der Waals surface area contributed by atoms with E-state index in [-0.39, 0.29) is 0 Å². The number of anilines is 1. The fourth-order valence-electron chi connectivity index (χ4n) is 2.94. The minimum atomic E-state index is -0.449. The SMILES string of the molecule is Nc1ccccc1-c1cp(-c2ccccc2)c2ccccc12. The molecule has 106 valence electrons. The van der Waals surface area contributed by atoms with Crippen molar-refractivity contribution >= 4 is 23.7 Å². The quantitative estimate of drug-likeness (QED) is 0.447. The number of fused-ring (bicyclic) bond motifs is 1. The second-order valence-corrected chi connectivity index (χ2v) is 7.35. The predicted molar refractivity (Wildman–Crippen MR) is 97.8 cm³/mol. The van der Waals surface area contributed by atoms with E-state index in [1.54, 1.807) is 0 Å². The molecule has 1 unspecified atom stereocenters. The molecule has 0 saturated heterocycles. The molecule has 0 amide bonds. The standard InChI is InChI=1S/C20H16NP/c21-19-12-6-4-10-16(19)18-14-22(15-8-2-1-3-9-15)20-13-7-5-11-17(18)20/h1-14H,21H2. The molecule has 1 heterocycles. The van der Waals surface area contributed by atoms with Gasteiger partial charge in [0.1, 0.15) is 0 Å². The van der Waals surface area contributed by atoms with Crippen molar-refractivity contribution in [2.75, 3.05) is 5.73 Å². The third-order valence-corrected chi connectivity index (χ3v) is 6.28. The lowest BCUT2D eigenvalue weighted by Crippen LogP contribution is -1.87. The van der Waals surface area contributed by atoms with Crippen molar-refractivity contribution in [3.63, 3.8) is 0 Å². The zero-order chi connectivity index (χ0) is 14.9. The van der Waals surface area contributed by atoms with Crippen LogP contribution in [-0.4, -0.2) is 0 Å². The van der Waals surface area contributed by atoms with Crippen LogP contribution >= 0.6 is 7.53 Å². The maximum atomic E-state index is 6.21.